The SMILES string of the molecule is COc1ccc(C(=O)NC(=S)Nc2cc(-c3nc4cc(C)cc(C)c4o3)ccc2C)cc1. The van der Waals surface area contributed by atoms with Crippen LogP contribution in [0.25, 0.3) is 22.6 Å². The van der Waals surface area contributed by atoms with Gasteiger partial charge in [0.2, 0.25) is 5.89 Å². The molecule has 0 spiro atoms. The maximum absolute atomic E-state index is 12.5. The summed E-state index contributed by atoms with van der Waals surface area (Å²) in [7, 11) is 1.58. The van der Waals surface area contributed by atoms with E-state index in [0.29, 0.717) is 17.2 Å². The first kappa shape index (κ1) is 21.5. The number of nitrogens with zero attached hydrogens (tertiary/aromatic N) is 1. The molecule has 0 aliphatic carbocycles. The molecule has 32 heavy (non-hydrogen) atoms. The zero-order valence-electron chi connectivity index (χ0n) is 18.3. The predicted octanol–water partition coefficient (Wildman–Crippen LogP) is 5.56. The molecule has 0 aliphatic heterocycles. The quantitative estimate of drug-likeness (QED) is 0.401. The standard InChI is InChI=1S/C25H23N3O3S/c1-14-11-16(3)22-21(12-14)26-24(31-22)18-6-5-15(2)20(13-18)27-25(32)28-23(29)17-7-9-19(30-4)10-8-17/h5-13H,1-4H3,(H2,27,28,29,32). The molecule has 4 rings (SSSR count). The molecule has 0 saturated carbocycles. The Morgan fingerprint density at radius 2 is 1.75 bits per heavy atom. The van der Waals surface area contributed by atoms with Crippen LogP contribution in [0.4, 0.5) is 5.69 Å². The van der Waals surface area contributed by atoms with Crippen LogP contribution in [0.5, 0.6) is 5.75 Å². The summed E-state index contributed by atoms with van der Waals surface area (Å²) in [6.07, 6.45) is 0. The molecule has 1 aromatic heterocycles. The van der Waals surface area contributed by atoms with Gasteiger partial charge in [-0.15, -0.1) is 0 Å². The number of nitrogens with one attached hydrogen (secondary N) is 2. The third kappa shape index (κ3) is 4.48. The molecule has 0 bridgehead atoms. The maximum Gasteiger partial charge on any atom is 0.257 e. The number of methoxy groups -OCH3 is 1. The van der Waals surface area contributed by atoms with Gasteiger partial charge in [0.1, 0.15) is 11.3 Å². The summed E-state index contributed by atoms with van der Waals surface area (Å²) < 4.78 is 11.1. The highest BCUT2D eigenvalue weighted by atomic mass is 32.1. The van der Waals surface area contributed by atoms with Crippen LogP contribution >= 0.6 is 12.2 Å². The number of rotatable bonds is 4. The Bertz CT molecular complexity index is 1330. The van der Waals surface area contributed by atoms with E-state index in [1.165, 1.54) is 0 Å². The van der Waals surface area contributed by atoms with Gasteiger partial charge >= 0.3 is 0 Å². The number of thiocarbonyl (C=S) groups is 1. The van der Waals surface area contributed by atoms with Crippen LogP contribution in [0.1, 0.15) is 27.0 Å². The van der Waals surface area contributed by atoms with Gasteiger partial charge in [0.15, 0.2) is 10.7 Å². The lowest BCUT2D eigenvalue weighted by Crippen LogP contribution is -2.34. The molecule has 0 fully saturated rings. The Kier molecular flexibility index (Phi) is 5.92. The molecule has 162 valence electrons. The van der Waals surface area contributed by atoms with E-state index in [2.05, 4.69) is 21.7 Å². The number of hydrogen-bond acceptors (Lipinski definition) is 5. The van der Waals surface area contributed by atoms with E-state index in [-0.39, 0.29) is 11.0 Å². The van der Waals surface area contributed by atoms with Crippen LogP contribution in [0.3, 0.4) is 0 Å². The highest BCUT2D eigenvalue weighted by molar-refractivity contribution is 7.80. The molecule has 0 radical (unpaired) electrons. The number of hydrogen-bond donors (Lipinski definition) is 2. The summed E-state index contributed by atoms with van der Waals surface area (Å²) >= 11 is 5.36. The van der Waals surface area contributed by atoms with Gasteiger partial charge < -0.3 is 14.5 Å². The highest BCUT2D eigenvalue weighted by Gasteiger charge is 2.14. The number of anilines is 1. The van der Waals surface area contributed by atoms with Crippen molar-refractivity contribution >= 4 is 40.0 Å². The van der Waals surface area contributed by atoms with Crippen molar-refractivity contribution in [2.45, 2.75) is 20.8 Å². The minimum Gasteiger partial charge on any atom is -0.497 e. The zero-order chi connectivity index (χ0) is 22.8. The largest absolute Gasteiger partial charge is 0.497 e. The van der Waals surface area contributed by atoms with Crippen molar-refractivity contribution < 1.29 is 13.9 Å². The highest BCUT2D eigenvalue weighted by Crippen LogP contribution is 2.30. The van der Waals surface area contributed by atoms with Gasteiger partial charge in [-0.2, -0.15) is 0 Å². The Morgan fingerprint density at radius 3 is 2.47 bits per heavy atom. The summed E-state index contributed by atoms with van der Waals surface area (Å²) in [5, 5.41) is 6.01. The summed E-state index contributed by atoms with van der Waals surface area (Å²) in [6, 6.07) is 16.7. The second-order valence-corrected chi connectivity index (χ2v) is 8.02. The zero-order valence-corrected chi connectivity index (χ0v) is 19.1. The lowest BCUT2D eigenvalue weighted by atomic mass is 10.1. The lowest BCUT2D eigenvalue weighted by Gasteiger charge is -2.13. The number of aryl methyl sites for hydroxylation is 3. The molecule has 1 amide bonds. The van der Waals surface area contributed by atoms with Gasteiger partial charge in [-0.05, 0) is 92.1 Å². The van der Waals surface area contributed by atoms with E-state index in [0.717, 1.165) is 39.0 Å². The van der Waals surface area contributed by atoms with Gasteiger partial charge in [-0.25, -0.2) is 4.98 Å². The van der Waals surface area contributed by atoms with Crippen molar-refractivity contribution in [3.05, 3.63) is 76.9 Å². The second kappa shape index (κ2) is 8.80. The van der Waals surface area contributed by atoms with Gasteiger partial charge in [0.05, 0.1) is 7.11 Å². The van der Waals surface area contributed by atoms with E-state index in [4.69, 9.17) is 21.4 Å². The van der Waals surface area contributed by atoms with Crippen LogP contribution in [-0.4, -0.2) is 23.1 Å². The minimum atomic E-state index is -0.302. The average Bonchev–Trinajstić information content (AvgIpc) is 3.19. The summed E-state index contributed by atoms with van der Waals surface area (Å²) in [5.41, 5.74) is 6.83. The third-order valence-electron chi connectivity index (χ3n) is 5.13. The summed E-state index contributed by atoms with van der Waals surface area (Å²) in [6.45, 7) is 6.01. The molecule has 0 aliphatic rings. The van der Waals surface area contributed by atoms with Crippen molar-refractivity contribution in [3.8, 4) is 17.2 Å². The van der Waals surface area contributed by atoms with Crippen LogP contribution < -0.4 is 15.4 Å². The first-order valence-electron chi connectivity index (χ1n) is 10.1. The number of aromatic nitrogens is 1. The molecule has 3 aromatic carbocycles. The van der Waals surface area contributed by atoms with Crippen LogP contribution in [0, 0.1) is 20.8 Å². The molecule has 2 N–H and O–H groups in total. The van der Waals surface area contributed by atoms with Crippen LogP contribution in [0.2, 0.25) is 0 Å². The Hall–Kier alpha value is -3.71. The van der Waals surface area contributed by atoms with Crippen molar-refractivity contribution in [1.82, 2.24) is 10.3 Å². The van der Waals surface area contributed by atoms with E-state index >= 15 is 0 Å². The molecule has 4 aromatic rings. The summed E-state index contributed by atoms with van der Waals surface area (Å²) in [5.74, 6) is 0.910. The van der Waals surface area contributed by atoms with Gasteiger partial charge in [0, 0.05) is 16.8 Å². The molecule has 6 nitrogen and oxygen atoms in total. The predicted molar refractivity (Wildman–Crippen MR) is 130 cm³/mol. The average molecular weight is 446 g/mol. The minimum absolute atomic E-state index is 0.204. The van der Waals surface area contributed by atoms with Crippen LogP contribution in [0.15, 0.2) is 59.0 Å². The Labute approximate surface area is 191 Å². The van der Waals surface area contributed by atoms with Gasteiger partial charge in [-0.3, -0.25) is 10.1 Å². The molecule has 7 heteroatoms. The fraction of sp³-hybridized carbons (Fsp3) is 0.160. The first-order chi connectivity index (χ1) is 15.3. The van der Waals surface area contributed by atoms with E-state index in [9.17, 15) is 4.79 Å². The van der Waals surface area contributed by atoms with Crippen LogP contribution in [-0.2, 0) is 0 Å². The number of fused-ring (bicyclic) bond motifs is 1. The number of benzene rings is 3. The van der Waals surface area contributed by atoms with Crippen molar-refractivity contribution in [2.75, 3.05) is 12.4 Å². The Balaban J connectivity index is 1.53. The topological polar surface area (TPSA) is 76.4 Å². The number of carbonyl (C=O) groups excluding carboxylic acids is 1. The molecular formula is C25H23N3O3S. The van der Waals surface area contributed by atoms with Gasteiger partial charge in [0.25, 0.3) is 5.91 Å². The monoisotopic (exact) mass is 445 g/mol. The van der Waals surface area contributed by atoms with E-state index in [1.54, 1.807) is 31.4 Å². The fourth-order valence-corrected chi connectivity index (χ4v) is 3.66. The van der Waals surface area contributed by atoms with Crippen molar-refractivity contribution in [2.24, 2.45) is 0 Å². The van der Waals surface area contributed by atoms with E-state index in [1.807, 2.05) is 45.0 Å². The smallest absolute Gasteiger partial charge is 0.257 e. The first-order valence-corrected chi connectivity index (χ1v) is 10.5. The number of amides is 1. The normalized spacial score (nSPS) is 10.8. The molecule has 0 unspecified atom stereocenters. The number of ether oxygens (including phenoxy) is 1. The molecule has 0 saturated heterocycles. The lowest BCUT2D eigenvalue weighted by molar-refractivity contribution is 0.0977. The third-order valence-corrected chi connectivity index (χ3v) is 5.34. The molecular weight excluding hydrogens is 422 g/mol. The number of carbonyl (C=O) groups is 1. The van der Waals surface area contributed by atoms with Crippen molar-refractivity contribution in [1.29, 1.82) is 0 Å². The number of oxazole rings is 1. The second-order valence-electron chi connectivity index (χ2n) is 7.62. The Morgan fingerprint density at radius 1 is 1.00 bits per heavy atom. The van der Waals surface area contributed by atoms with Crippen molar-refractivity contribution in [3.63, 3.8) is 0 Å². The molecule has 0 atom stereocenters. The maximum atomic E-state index is 12.5. The van der Waals surface area contributed by atoms with Gasteiger partial charge in [-0.1, -0.05) is 12.1 Å². The fourth-order valence-electron chi connectivity index (χ4n) is 3.46. The summed E-state index contributed by atoms with van der Waals surface area (Å²) in [4.78, 5) is 17.1. The van der Waals surface area contributed by atoms with E-state index < -0.39 is 0 Å². The molecule has 1 heterocycles.